The third kappa shape index (κ3) is 4.09. The molecule has 0 saturated heterocycles. The van der Waals surface area contributed by atoms with Gasteiger partial charge in [-0.05, 0) is 67.6 Å². The van der Waals surface area contributed by atoms with Crippen LogP contribution in [0.2, 0.25) is 0 Å². The smallest absolute Gasteiger partial charge is 0.271 e. The molecule has 0 radical (unpaired) electrons. The van der Waals surface area contributed by atoms with Crippen molar-refractivity contribution in [2.24, 2.45) is 16.9 Å². The van der Waals surface area contributed by atoms with Gasteiger partial charge in [0, 0.05) is 17.2 Å². The fourth-order valence-corrected chi connectivity index (χ4v) is 3.57. The van der Waals surface area contributed by atoms with Crippen LogP contribution in [0.1, 0.15) is 35.7 Å². The zero-order valence-corrected chi connectivity index (χ0v) is 15.9. The van der Waals surface area contributed by atoms with E-state index >= 15 is 0 Å². The first-order chi connectivity index (χ1) is 13.7. The lowest BCUT2D eigenvalue weighted by Gasteiger charge is -2.31. The summed E-state index contributed by atoms with van der Waals surface area (Å²) in [4.78, 5) is 12.3. The molecule has 144 valence electrons. The number of hydrazone groups is 1. The van der Waals surface area contributed by atoms with Gasteiger partial charge in [-0.15, -0.1) is 0 Å². The lowest BCUT2D eigenvalue weighted by molar-refractivity contribution is 0.0954. The number of nitrogens with one attached hydrogen (secondary N) is 1. The summed E-state index contributed by atoms with van der Waals surface area (Å²) in [5.74, 6) is 2.56. The zero-order chi connectivity index (χ0) is 19.3. The first-order valence-corrected chi connectivity index (χ1v) is 9.71. The molecule has 1 amide bonds. The zero-order valence-electron chi connectivity index (χ0n) is 15.9. The monoisotopic (exact) mass is 376 g/mol. The number of rotatable bonds is 7. The highest BCUT2D eigenvalue weighted by molar-refractivity contribution is 5.98. The van der Waals surface area contributed by atoms with E-state index in [1.165, 1.54) is 0 Å². The van der Waals surface area contributed by atoms with Crippen molar-refractivity contribution < 1.29 is 14.3 Å². The van der Waals surface area contributed by atoms with Gasteiger partial charge in [-0.25, -0.2) is 5.43 Å². The summed E-state index contributed by atoms with van der Waals surface area (Å²) >= 11 is 0. The van der Waals surface area contributed by atoms with Gasteiger partial charge in [0.15, 0.2) is 0 Å². The number of carbonyl (C=O) groups excluding carboxylic acids is 1. The van der Waals surface area contributed by atoms with Gasteiger partial charge in [0.2, 0.25) is 0 Å². The second-order valence-electron chi connectivity index (χ2n) is 7.09. The summed E-state index contributed by atoms with van der Waals surface area (Å²) in [5.41, 5.74) is 5.34. The molecule has 4 rings (SSSR count). The molecule has 2 aromatic rings. The molecular weight excluding hydrogens is 352 g/mol. The minimum absolute atomic E-state index is 0.183. The van der Waals surface area contributed by atoms with Crippen LogP contribution in [-0.4, -0.2) is 18.2 Å². The van der Waals surface area contributed by atoms with Crippen molar-refractivity contribution in [1.29, 1.82) is 0 Å². The molecule has 0 unspecified atom stereocenters. The lowest BCUT2D eigenvalue weighted by Crippen LogP contribution is -2.35. The molecule has 2 aliphatic carbocycles. The van der Waals surface area contributed by atoms with Gasteiger partial charge >= 0.3 is 0 Å². The first kappa shape index (κ1) is 18.3. The molecule has 0 spiro atoms. The van der Waals surface area contributed by atoms with E-state index in [9.17, 15) is 4.79 Å². The molecule has 1 fully saturated rings. The van der Waals surface area contributed by atoms with Gasteiger partial charge in [0.1, 0.15) is 18.1 Å². The average molecular weight is 376 g/mol. The van der Waals surface area contributed by atoms with Crippen molar-refractivity contribution in [3.8, 4) is 11.5 Å². The molecule has 0 aromatic heterocycles. The summed E-state index contributed by atoms with van der Waals surface area (Å²) in [5, 5.41) is 4.30. The van der Waals surface area contributed by atoms with Crippen LogP contribution in [0.4, 0.5) is 0 Å². The Hall–Kier alpha value is -3.08. The molecule has 5 nitrogen and oxygen atoms in total. The van der Waals surface area contributed by atoms with Crippen LogP contribution in [0.25, 0.3) is 0 Å². The standard InChI is InChI=1S/C23H24N2O3/c1-2-27-19-10-12-20(13-11-19)28-15-16-6-8-17(9-7-16)23(26)25-24-22-14-18-4-3-5-21(18)22/h3,5-13,18,21H,2,4,14-15H2,1H3,(H,25,26)/b24-22-/t18-,21+/m1/s1. The maximum Gasteiger partial charge on any atom is 0.271 e. The number of fused-ring (bicyclic) bond motifs is 1. The number of ether oxygens (including phenoxy) is 2. The summed E-state index contributed by atoms with van der Waals surface area (Å²) in [6.45, 7) is 3.04. The van der Waals surface area contributed by atoms with Crippen LogP contribution in [0.3, 0.4) is 0 Å². The van der Waals surface area contributed by atoms with E-state index < -0.39 is 0 Å². The summed E-state index contributed by atoms with van der Waals surface area (Å²) in [6, 6.07) is 14.9. The molecule has 1 N–H and O–H groups in total. The van der Waals surface area contributed by atoms with Crippen LogP contribution in [0.5, 0.6) is 11.5 Å². The molecule has 5 heteroatoms. The third-order valence-corrected chi connectivity index (χ3v) is 5.20. The van der Waals surface area contributed by atoms with E-state index in [0.717, 1.165) is 35.6 Å². The van der Waals surface area contributed by atoms with E-state index in [1.54, 1.807) is 12.1 Å². The van der Waals surface area contributed by atoms with Crippen molar-refractivity contribution >= 4 is 11.6 Å². The first-order valence-electron chi connectivity index (χ1n) is 9.71. The van der Waals surface area contributed by atoms with Gasteiger partial charge in [-0.1, -0.05) is 24.3 Å². The highest BCUT2D eigenvalue weighted by atomic mass is 16.5. The number of carbonyl (C=O) groups is 1. The number of hydrogen-bond acceptors (Lipinski definition) is 4. The maximum atomic E-state index is 12.3. The third-order valence-electron chi connectivity index (χ3n) is 5.20. The van der Waals surface area contributed by atoms with Crippen molar-refractivity contribution in [3.63, 3.8) is 0 Å². The van der Waals surface area contributed by atoms with Gasteiger partial charge in [-0.2, -0.15) is 5.10 Å². The highest BCUT2D eigenvalue weighted by Crippen LogP contribution is 2.40. The van der Waals surface area contributed by atoms with Gasteiger partial charge in [0.25, 0.3) is 5.91 Å². The second-order valence-corrected chi connectivity index (χ2v) is 7.09. The van der Waals surface area contributed by atoms with E-state index in [2.05, 4.69) is 22.7 Å². The van der Waals surface area contributed by atoms with Gasteiger partial charge < -0.3 is 9.47 Å². The molecule has 2 aromatic carbocycles. The minimum atomic E-state index is -0.183. The largest absolute Gasteiger partial charge is 0.494 e. The molecule has 0 heterocycles. The van der Waals surface area contributed by atoms with Crippen molar-refractivity contribution in [2.45, 2.75) is 26.4 Å². The van der Waals surface area contributed by atoms with E-state index in [1.807, 2.05) is 43.3 Å². The fraction of sp³-hybridized carbons (Fsp3) is 0.304. The van der Waals surface area contributed by atoms with E-state index in [0.29, 0.717) is 30.6 Å². The average Bonchev–Trinajstić information content (AvgIpc) is 3.09. The molecule has 2 aliphatic rings. The number of allylic oxidation sites excluding steroid dienone is 2. The van der Waals surface area contributed by atoms with Gasteiger partial charge in [0.05, 0.1) is 6.61 Å². The number of benzene rings is 2. The van der Waals surface area contributed by atoms with E-state index in [-0.39, 0.29) is 5.91 Å². The predicted molar refractivity (Wildman–Crippen MR) is 109 cm³/mol. The van der Waals surface area contributed by atoms with E-state index in [4.69, 9.17) is 9.47 Å². The Kier molecular flexibility index (Phi) is 5.42. The van der Waals surface area contributed by atoms with Crippen LogP contribution in [0.15, 0.2) is 65.8 Å². The van der Waals surface area contributed by atoms with Gasteiger partial charge in [-0.3, -0.25) is 4.79 Å². The molecule has 0 aliphatic heterocycles. The van der Waals surface area contributed by atoms with Crippen molar-refractivity contribution in [1.82, 2.24) is 5.43 Å². The second kappa shape index (κ2) is 8.30. The Morgan fingerprint density at radius 1 is 1.07 bits per heavy atom. The Morgan fingerprint density at radius 3 is 2.46 bits per heavy atom. The Morgan fingerprint density at radius 2 is 1.79 bits per heavy atom. The molecule has 1 saturated carbocycles. The van der Waals surface area contributed by atoms with Crippen LogP contribution in [-0.2, 0) is 6.61 Å². The quantitative estimate of drug-likeness (QED) is 0.577. The Bertz CT molecular complexity index is 885. The SMILES string of the molecule is CCOc1ccc(OCc2ccc(C(=O)N/N=C3/C[C@H]4CC=C[C@H]34)cc2)cc1. The Labute approximate surface area is 165 Å². The number of hydrogen-bond donors (Lipinski definition) is 1. The van der Waals surface area contributed by atoms with Crippen LogP contribution in [0, 0.1) is 11.8 Å². The Balaban J connectivity index is 1.28. The summed E-state index contributed by atoms with van der Waals surface area (Å²) < 4.78 is 11.2. The predicted octanol–water partition coefficient (Wildman–Crippen LogP) is 4.35. The molecular formula is C23H24N2O3. The normalized spacial score (nSPS) is 21.1. The highest BCUT2D eigenvalue weighted by Gasteiger charge is 2.37. The minimum Gasteiger partial charge on any atom is -0.494 e. The van der Waals surface area contributed by atoms with Crippen LogP contribution < -0.4 is 14.9 Å². The van der Waals surface area contributed by atoms with Crippen LogP contribution >= 0.6 is 0 Å². The summed E-state index contributed by atoms with van der Waals surface area (Å²) in [7, 11) is 0. The molecule has 28 heavy (non-hydrogen) atoms. The topological polar surface area (TPSA) is 59.9 Å². The van der Waals surface area contributed by atoms with Crippen molar-refractivity contribution in [3.05, 3.63) is 71.8 Å². The fourth-order valence-electron chi connectivity index (χ4n) is 3.57. The maximum absolute atomic E-state index is 12.3. The summed E-state index contributed by atoms with van der Waals surface area (Å²) in [6.07, 6.45) is 6.52. The lowest BCUT2D eigenvalue weighted by atomic mass is 9.74. The number of nitrogens with zero attached hydrogens (tertiary/aromatic N) is 1. The number of amides is 1. The molecule has 2 atom stereocenters. The molecule has 0 bridgehead atoms. The van der Waals surface area contributed by atoms with Crippen molar-refractivity contribution in [2.75, 3.05) is 6.61 Å².